The molecule has 1 aromatic carbocycles. The van der Waals surface area contributed by atoms with Crippen LogP contribution in [0.3, 0.4) is 0 Å². The summed E-state index contributed by atoms with van der Waals surface area (Å²) in [6, 6.07) is 9.51. The highest BCUT2D eigenvalue weighted by Crippen LogP contribution is 2.23. The van der Waals surface area contributed by atoms with Gasteiger partial charge in [0.05, 0.1) is 24.4 Å². The van der Waals surface area contributed by atoms with Gasteiger partial charge in [-0.15, -0.1) is 0 Å². The molecular formula is C23H27ClN4O3. The molecule has 0 bridgehead atoms. The molecule has 0 aliphatic rings. The number of halogens is 1. The van der Waals surface area contributed by atoms with Gasteiger partial charge in [-0.2, -0.15) is 5.10 Å². The number of pyridine rings is 1. The van der Waals surface area contributed by atoms with Crippen LogP contribution in [0.4, 0.5) is 0 Å². The third kappa shape index (κ3) is 5.62. The van der Waals surface area contributed by atoms with Crippen molar-refractivity contribution in [3.05, 3.63) is 69.6 Å². The summed E-state index contributed by atoms with van der Waals surface area (Å²) in [6.45, 7) is 7.02. The Morgan fingerprint density at radius 1 is 1.19 bits per heavy atom. The van der Waals surface area contributed by atoms with E-state index in [1.807, 2.05) is 55.8 Å². The molecule has 0 spiro atoms. The maximum Gasteiger partial charge on any atom is 0.224 e. The van der Waals surface area contributed by atoms with Gasteiger partial charge in [0.25, 0.3) is 0 Å². The number of benzene rings is 1. The van der Waals surface area contributed by atoms with Gasteiger partial charge in [0.2, 0.25) is 11.8 Å². The number of aromatic nitrogens is 3. The Morgan fingerprint density at radius 3 is 2.74 bits per heavy atom. The lowest BCUT2D eigenvalue weighted by Gasteiger charge is -2.11. The number of rotatable bonds is 9. The topological polar surface area (TPSA) is 78.3 Å². The van der Waals surface area contributed by atoms with Gasteiger partial charge >= 0.3 is 0 Å². The Kier molecular flexibility index (Phi) is 7.65. The number of amides is 1. The minimum absolute atomic E-state index is 0.0978. The summed E-state index contributed by atoms with van der Waals surface area (Å²) in [5.41, 5.74) is 5.32. The number of hydrogen-bond donors (Lipinski definition) is 1. The van der Waals surface area contributed by atoms with E-state index in [9.17, 15) is 4.79 Å². The molecule has 2 heterocycles. The third-order valence-corrected chi connectivity index (χ3v) is 5.44. The van der Waals surface area contributed by atoms with Crippen LogP contribution in [-0.4, -0.2) is 41.0 Å². The van der Waals surface area contributed by atoms with Crippen molar-refractivity contribution in [2.45, 2.75) is 33.7 Å². The predicted octanol–water partition coefficient (Wildman–Crippen LogP) is 3.73. The summed E-state index contributed by atoms with van der Waals surface area (Å²) in [4.78, 5) is 16.9. The van der Waals surface area contributed by atoms with E-state index in [0.29, 0.717) is 30.7 Å². The smallest absolute Gasteiger partial charge is 0.224 e. The second kappa shape index (κ2) is 10.4. The number of ether oxygens (including phenoxy) is 2. The van der Waals surface area contributed by atoms with Crippen LogP contribution in [0, 0.1) is 20.8 Å². The summed E-state index contributed by atoms with van der Waals surface area (Å²) in [6.07, 6.45) is 1.89. The van der Waals surface area contributed by atoms with Gasteiger partial charge in [0, 0.05) is 41.7 Å². The molecule has 8 heteroatoms. The second-order valence-corrected chi connectivity index (χ2v) is 7.66. The highest BCUT2D eigenvalue weighted by atomic mass is 35.5. The Labute approximate surface area is 187 Å². The van der Waals surface area contributed by atoms with Crippen LogP contribution in [0.15, 0.2) is 36.5 Å². The Bertz CT molecular complexity index is 1060. The molecule has 0 atom stereocenters. The van der Waals surface area contributed by atoms with Crippen LogP contribution < -0.4 is 10.1 Å². The van der Waals surface area contributed by atoms with Gasteiger partial charge in [-0.1, -0.05) is 23.7 Å². The van der Waals surface area contributed by atoms with Crippen LogP contribution in [0.25, 0.3) is 5.69 Å². The van der Waals surface area contributed by atoms with E-state index in [1.165, 1.54) is 0 Å². The van der Waals surface area contributed by atoms with Crippen molar-refractivity contribution in [3.63, 3.8) is 0 Å². The van der Waals surface area contributed by atoms with Crippen molar-refractivity contribution >= 4 is 17.5 Å². The molecule has 0 saturated carbocycles. The number of nitrogens with one attached hydrogen (secondary N) is 1. The monoisotopic (exact) mass is 442 g/mol. The van der Waals surface area contributed by atoms with Gasteiger partial charge in [0.1, 0.15) is 6.61 Å². The number of carbonyl (C=O) groups is 1. The normalized spacial score (nSPS) is 10.9. The zero-order chi connectivity index (χ0) is 22.4. The Balaban J connectivity index is 1.68. The number of aryl methyl sites for hydroxylation is 2. The third-order valence-electron chi connectivity index (χ3n) is 5.03. The first-order chi connectivity index (χ1) is 14.9. The molecule has 3 aromatic rings. The van der Waals surface area contributed by atoms with Crippen LogP contribution in [0.5, 0.6) is 5.88 Å². The summed E-state index contributed by atoms with van der Waals surface area (Å²) in [7, 11) is 1.61. The minimum atomic E-state index is -0.0978. The maximum atomic E-state index is 12.7. The molecule has 2 aromatic heterocycles. The molecule has 0 unspecified atom stereocenters. The molecule has 0 aliphatic heterocycles. The number of hydrogen-bond acceptors (Lipinski definition) is 5. The van der Waals surface area contributed by atoms with E-state index in [-0.39, 0.29) is 12.3 Å². The fraction of sp³-hybridized carbons (Fsp3) is 0.348. The maximum absolute atomic E-state index is 12.7. The van der Waals surface area contributed by atoms with E-state index >= 15 is 0 Å². The molecular weight excluding hydrogens is 416 g/mol. The first-order valence-electron chi connectivity index (χ1n) is 10.0. The molecule has 1 N–H and O–H groups in total. The van der Waals surface area contributed by atoms with Crippen LogP contribution in [0.1, 0.15) is 28.1 Å². The molecule has 164 valence electrons. The molecule has 7 nitrogen and oxygen atoms in total. The van der Waals surface area contributed by atoms with Crippen LogP contribution in [0.2, 0.25) is 5.02 Å². The van der Waals surface area contributed by atoms with Crippen molar-refractivity contribution < 1.29 is 14.3 Å². The van der Waals surface area contributed by atoms with E-state index in [2.05, 4.69) is 15.4 Å². The van der Waals surface area contributed by atoms with Gasteiger partial charge < -0.3 is 14.8 Å². The quantitative estimate of drug-likeness (QED) is 0.511. The van der Waals surface area contributed by atoms with Gasteiger partial charge in [0.15, 0.2) is 0 Å². The molecule has 1 amide bonds. The largest absolute Gasteiger partial charge is 0.475 e. The second-order valence-electron chi connectivity index (χ2n) is 7.26. The first-order valence-corrected chi connectivity index (χ1v) is 10.4. The lowest BCUT2D eigenvalue weighted by molar-refractivity contribution is -0.120. The number of carbonyl (C=O) groups excluding carboxylic acids is 1. The highest BCUT2D eigenvalue weighted by Gasteiger charge is 2.17. The van der Waals surface area contributed by atoms with Gasteiger partial charge in [-0.25, -0.2) is 9.67 Å². The number of methoxy groups -OCH3 is 1. The lowest BCUT2D eigenvalue weighted by Crippen LogP contribution is -2.25. The van der Waals surface area contributed by atoms with Gasteiger partial charge in [-0.05, 0) is 44.5 Å². The molecule has 0 saturated heterocycles. The van der Waals surface area contributed by atoms with E-state index in [0.717, 1.165) is 33.8 Å². The highest BCUT2D eigenvalue weighted by molar-refractivity contribution is 6.31. The predicted molar refractivity (Wildman–Crippen MR) is 120 cm³/mol. The van der Waals surface area contributed by atoms with Crippen molar-refractivity contribution in [3.8, 4) is 11.6 Å². The van der Waals surface area contributed by atoms with E-state index in [1.54, 1.807) is 13.3 Å². The van der Waals surface area contributed by atoms with Gasteiger partial charge in [-0.3, -0.25) is 4.79 Å². The van der Waals surface area contributed by atoms with Crippen molar-refractivity contribution in [1.82, 2.24) is 20.1 Å². The van der Waals surface area contributed by atoms with Crippen molar-refractivity contribution in [1.29, 1.82) is 0 Å². The molecule has 31 heavy (non-hydrogen) atoms. The Hall–Kier alpha value is -2.90. The van der Waals surface area contributed by atoms with Crippen molar-refractivity contribution in [2.24, 2.45) is 0 Å². The molecule has 3 rings (SSSR count). The zero-order valence-corrected chi connectivity index (χ0v) is 19.0. The Morgan fingerprint density at radius 2 is 2.00 bits per heavy atom. The van der Waals surface area contributed by atoms with Crippen LogP contribution >= 0.6 is 11.6 Å². The minimum Gasteiger partial charge on any atom is -0.475 e. The standard InChI is InChI=1S/C23H27ClN4O3/c1-15-7-8-19(12-21(15)24)28-17(3)20(16(2)27-28)13-22(29)26-14-18-6-5-9-25-23(18)31-11-10-30-4/h5-9,12H,10-11,13-14H2,1-4H3,(H,26,29). The molecule has 0 aliphatic carbocycles. The fourth-order valence-corrected chi connectivity index (χ4v) is 3.40. The lowest BCUT2D eigenvalue weighted by atomic mass is 10.1. The van der Waals surface area contributed by atoms with Crippen LogP contribution in [-0.2, 0) is 22.5 Å². The molecule has 0 fully saturated rings. The van der Waals surface area contributed by atoms with Crippen molar-refractivity contribution in [2.75, 3.05) is 20.3 Å². The zero-order valence-electron chi connectivity index (χ0n) is 18.2. The number of nitrogens with zero attached hydrogens (tertiary/aromatic N) is 3. The fourth-order valence-electron chi connectivity index (χ4n) is 3.22. The SMILES string of the molecule is COCCOc1ncccc1CNC(=O)Cc1c(C)nn(-c2ccc(C)c(Cl)c2)c1C. The summed E-state index contributed by atoms with van der Waals surface area (Å²) in [5, 5.41) is 8.25. The van der Waals surface area contributed by atoms with E-state index in [4.69, 9.17) is 21.1 Å². The summed E-state index contributed by atoms with van der Waals surface area (Å²) in [5.74, 6) is 0.399. The average Bonchev–Trinajstić information content (AvgIpc) is 3.03. The average molecular weight is 443 g/mol. The summed E-state index contributed by atoms with van der Waals surface area (Å²) < 4.78 is 12.4. The molecule has 0 radical (unpaired) electrons. The summed E-state index contributed by atoms with van der Waals surface area (Å²) >= 11 is 6.27. The van der Waals surface area contributed by atoms with E-state index < -0.39 is 0 Å². The first kappa shape index (κ1) is 22.8.